The maximum absolute atomic E-state index is 6.15. The van der Waals surface area contributed by atoms with Crippen LogP contribution in [0.25, 0.3) is 0 Å². The van der Waals surface area contributed by atoms with Crippen molar-refractivity contribution >= 4 is 23.4 Å². The lowest BCUT2D eigenvalue weighted by atomic mass is 10.0. The van der Waals surface area contributed by atoms with Crippen LogP contribution in [0.4, 0.5) is 0 Å². The Morgan fingerprint density at radius 3 is 3.00 bits per heavy atom. The third kappa shape index (κ3) is 2.75. The lowest BCUT2D eigenvalue weighted by molar-refractivity contribution is 0.298. The average molecular weight is 291 g/mol. The first-order valence-corrected chi connectivity index (χ1v) is 7.71. The van der Waals surface area contributed by atoms with E-state index in [4.69, 9.17) is 16.3 Å². The number of halogens is 1. The highest BCUT2D eigenvalue weighted by atomic mass is 35.5. The van der Waals surface area contributed by atoms with Crippen LogP contribution >= 0.6 is 23.4 Å². The van der Waals surface area contributed by atoms with Crippen molar-refractivity contribution in [1.82, 2.24) is 0 Å². The molecule has 0 aromatic heterocycles. The van der Waals surface area contributed by atoms with Gasteiger partial charge in [-0.1, -0.05) is 35.9 Å². The van der Waals surface area contributed by atoms with E-state index in [0.29, 0.717) is 17.5 Å². The van der Waals surface area contributed by atoms with Gasteiger partial charge < -0.3 is 4.74 Å². The summed E-state index contributed by atoms with van der Waals surface area (Å²) < 4.78 is 5.91. The second-order valence-corrected chi connectivity index (χ2v) is 6.26. The van der Waals surface area contributed by atoms with Crippen LogP contribution in [0, 0.1) is 6.92 Å². The third-order valence-corrected chi connectivity index (χ3v) is 4.89. The minimum atomic E-state index is 0.456. The monoisotopic (exact) mass is 290 g/mol. The van der Waals surface area contributed by atoms with Gasteiger partial charge in [-0.15, -0.1) is 11.8 Å². The van der Waals surface area contributed by atoms with Crippen LogP contribution in [0.1, 0.15) is 17.0 Å². The fourth-order valence-corrected chi connectivity index (χ4v) is 3.68. The molecule has 0 fully saturated rings. The van der Waals surface area contributed by atoms with Crippen LogP contribution in [-0.2, 0) is 0 Å². The number of rotatable bonds is 3. The highest BCUT2D eigenvalue weighted by Crippen LogP contribution is 2.39. The second-order valence-electron chi connectivity index (χ2n) is 4.79. The van der Waals surface area contributed by atoms with Crippen LogP contribution in [-0.4, -0.2) is 12.4 Å². The zero-order chi connectivity index (χ0) is 13.2. The van der Waals surface area contributed by atoms with Crippen molar-refractivity contribution in [2.45, 2.75) is 17.7 Å². The van der Waals surface area contributed by atoms with E-state index in [-0.39, 0.29) is 0 Å². The van der Waals surface area contributed by atoms with Gasteiger partial charge in [-0.2, -0.15) is 0 Å². The molecule has 1 aliphatic heterocycles. The lowest BCUT2D eigenvalue weighted by Gasteiger charge is -2.14. The van der Waals surface area contributed by atoms with Gasteiger partial charge in [-0.25, -0.2) is 0 Å². The molecule has 1 atom stereocenters. The molecule has 0 spiro atoms. The van der Waals surface area contributed by atoms with E-state index < -0.39 is 0 Å². The van der Waals surface area contributed by atoms with E-state index in [0.717, 1.165) is 11.5 Å². The van der Waals surface area contributed by atoms with Crippen LogP contribution < -0.4 is 4.74 Å². The molecular weight excluding hydrogens is 276 g/mol. The Bertz CT molecular complexity index is 597. The van der Waals surface area contributed by atoms with Crippen LogP contribution in [0.2, 0.25) is 5.02 Å². The summed E-state index contributed by atoms with van der Waals surface area (Å²) in [6, 6.07) is 14.4. The Kier molecular flexibility index (Phi) is 3.72. The summed E-state index contributed by atoms with van der Waals surface area (Å²) in [6.07, 6.45) is 0. The fourth-order valence-electron chi connectivity index (χ4n) is 2.28. The second kappa shape index (κ2) is 5.48. The van der Waals surface area contributed by atoms with Gasteiger partial charge >= 0.3 is 0 Å². The number of ether oxygens (including phenoxy) is 1. The van der Waals surface area contributed by atoms with Gasteiger partial charge in [0.15, 0.2) is 0 Å². The smallest absolute Gasteiger partial charge is 0.138 e. The van der Waals surface area contributed by atoms with Gasteiger partial charge in [-0.05, 0) is 36.2 Å². The molecule has 0 bridgehead atoms. The molecule has 19 heavy (non-hydrogen) atoms. The quantitative estimate of drug-likeness (QED) is 0.794. The highest BCUT2D eigenvalue weighted by molar-refractivity contribution is 7.99. The molecule has 1 heterocycles. The van der Waals surface area contributed by atoms with Crippen molar-refractivity contribution < 1.29 is 4.74 Å². The van der Waals surface area contributed by atoms with E-state index in [9.17, 15) is 0 Å². The molecule has 0 saturated heterocycles. The van der Waals surface area contributed by atoms with Gasteiger partial charge in [0, 0.05) is 16.6 Å². The Morgan fingerprint density at radius 1 is 1.26 bits per heavy atom. The molecule has 3 heteroatoms. The molecule has 1 unspecified atom stereocenters. The first kappa shape index (κ1) is 12.9. The number of aryl methyl sites for hydroxylation is 1. The molecule has 0 N–H and O–H groups in total. The summed E-state index contributed by atoms with van der Waals surface area (Å²) >= 11 is 8.06. The van der Waals surface area contributed by atoms with Gasteiger partial charge in [0.1, 0.15) is 5.75 Å². The fraction of sp³-hybridized carbons (Fsp3) is 0.250. The summed E-state index contributed by atoms with van der Waals surface area (Å²) in [7, 11) is 0. The van der Waals surface area contributed by atoms with Crippen molar-refractivity contribution in [1.29, 1.82) is 0 Å². The Balaban J connectivity index is 1.72. The van der Waals surface area contributed by atoms with Crippen LogP contribution in [0.5, 0.6) is 5.75 Å². The highest BCUT2D eigenvalue weighted by Gasteiger charge is 2.23. The van der Waals surface area contributed by atoms with Crippen LogP contribution in [0.15, 0.2) is 47.4 Å². The van der Waals surface area contributed by atoms with Crippen molar-refractivity contribution in [3.63, 3.8) is 0 Å². The molecule has 1 aliphatic rings. The summed E-state index contributed by atoms with van der Waals surface area (Å²) in [6.45, 7) is 2.73. The largest absolute Gasteiger partial charge is 0.491 e. The summed E-state index contributed by atoms with van der Waals surface area (Å²) in [5, 5.41) is 0.685. The maximum Gasteiger partial charge on any atom is 0.138 e. The van der Waals surface area contributed by atoms with E-state index >= 15 is 0 Å². The third-order valence-electron chi connectivity index (χ3n) is 3.33. The zero-order valence-corrected chi connectivity index (χ0v) is 12.3. The van der Waals surface area contributed by atoms with Gasteiger partial charge in [0.2, 0.25) is 0 Å². The van der Waals surface area contributed by atoms with Crippen molar-refractivity contribution in [2.75, 3.05) is 12.4 Å². The summed E-state index contributed by atoms with van der Waals surface area (Å²) in [4.78, 5) is 1.38. The van der Waals surface area contributed by atoms with Gasteiger partial charge in [0.25, 0.3) is 0 Å². The lowest BCUT2D eigenvalue weighted by Crippen LogP contribution is -2.10. The average Bonchev–Trinajstić information content (AvgIpc) is 2.83. The predicted molar refractivity (Wildman–Crippen MR) is 81.6 cm³/mol. The molecule has 3 rings (SSSR count). The van der Waals surface area contributed by atoms with Gasteiger partial charge in [-0.3, -0.25) is 0 Å². The van der Waals surface area contributed by atoms with Gasteiger partial charge in [0.05, 0.1) is 11.6 Å². The molecule has 98 valence electrons. The molecule has 1 nitrogen and oxygen atoms in total. The van der Waals surface area contributed by atoms with Crippen molar-refractivity contribution in [3.05, 3.63) is 58.6 Å². The minimum absolute atomic E-state index is 0.456. The Hall–Kier alpha value is -1.12. The number of benzene rings is 2. The first-order valence-electron chi connectivity index (χ1n) is 6.35. The molecule has 0 aliphatic carbocycles. The minimum Gasteiger partial charge on any atom is -0.491 e. The van der Waals surface area contributed by atoms with Crippen molar-refractivity contribution in [2.24, 2.45) is 0 Å². The molecule has 0 amide bonds. The normalized spacial score (nSPS) is 17.3. The number of fused-ring (bicyclic) bond motifs is 1. The van der Waals surface area contributed by atoms with E-state index in [2.05, 4.69) is 24.3 Å². The van der Waals surface area contributed by atoms with Crippen LogP contribution in [0.3, 0.4) is 0 Å². The number of hydrogen-bond donors (Lipinski definition) is 0. The Labute approximate surface area is 122 Å². The van der Waals surface area contributed by atoms with E-state index in [1.54, 1.807) is 0 Å². The predicted octanol–water partition coefficient (Wildman–Crippen LogP) is 4.92. The molecule has 2 aromatic carbocycles. The Morgan fingerprint density at radius 2 is 2.11 bits per heavy atom. The molecule has 0 saturated carbocycles. The zero-order valence-electron chi connectivity index (χ0n) is 10.7. The molecule has 0 radical (unpaired) electrons. The first-order chi connectivity index (χ1) is 9.24. The number of hydrogen-bond acceptors (Lipinski definition) is 2. The summed E-state index contributed by atoms with van der Waals surface area (Å²) in [5.74, 6) is 2.33. The SMILES string of the molecule is Cc1ccc(Cl)c(OCC2CSc3ccccc32)c1. The maximum atomic E-state index is 6.15. The van der Waals surface area contributed by atoms with Crippen molar-refractivity contribution in [3.8, 4) is 5.75 Å². The standard InChI is InChI=1S/C16H15ClOS/c1-11-6-7-14(17)15(8-11)18-9-12-10-19-16-5-3-2-4-13(12)16/h2-8,12H,9-10H2,1H3. The molecular formula is C16H15ClOS. The van der Waals surface area contributed by atoms with E-state index in [1.165, 1.54) is 16.0 Å². The molecule has 2 aromatic rings. The number of thioether (sulfide) groups is 1. The topological polar surface area (TPSA) is 9.23 Å². The summed E-state index contributed by atoms with van der Waals surface area (Å²) in [5.41, 5.74) is 2.57. The van der Waals surface area contributed by atoms with E-state index in [1.807, 2.05) is 36.9 Å².